The lowest BCUT2D eigenvalue weighted by Crippen LogP contribution is -2.43. The van der Waals surface area contributed by atoms with Crippen LogP contribution in [0.4, 0.5) is 0 Å². The van der Waals surface area contributed by atoms with Gasteiger partial charge in [-0.25, -0.2) is 0 Å². The average Bonchev–Trinajstić information content (AvgIpc) is 2.74. The topological polar surface area (TPSA) is 24.1 Å². The maximum Gasteiger partial charge on any atom is 0.00708 e. The van der Waals surface area contributed by atoms with Gasteiger partial charge in [0.15, 0.2) is 0 Å². The van der Waals surface area contributed by atoms with E-state index in [1.54, 1.807) is 0 Å². The number of nitrogens with one attached hydrogen (secondary N) is 2. The quantitative estimate of drug-likeness (QED) is 0.745. The van der Waals surface area contributed by atoms with E-state index in [0.717, 1.165) is 24.7 Å². The Labute approximate surface area is 94.2 Å². The molecular weight excluding hydrogens is 184 g/mol. The molecule has 0 radical (unpaired) electrons. The summed E-state index contributed by atoms with van der Waals surface area (Å²) in [6.07, 6.45) is 11.3. The van der Waals surface area contributed by atoms with Crippen LogP contribution < -0.4 is 10.6 Å². The second kappa shape index (κ2) is 5.86. The van der Waals surface area contributed by atoms with Gasteiger partial charge in [0.05, 0.1) is 0 Å². The summed E-state index contributed by atoms with van der Waals surface area (Å²) in [5.41, 5.74) is 0. The molecule has 2 rings (SSSR count). The van der Waals surface area contributed by atoms with Crippen LogP contribution in [0.5, 0.6) is 0 Å². The van der Waals surface area contributed by atoms with E-state index in [2.05, 4.69) is 17.6 Å². The monoisotopic (exact) mass is 210 g/mol. The maximum absolute atomic E-state index is 3.85. The molecule has 0 aromatic carbocycles. The van der Waals surface area contributed by atoms with Crippen LogP contribution in [-0.2, 0) is 0 Å². The predicted octanol–water partition coefficient (Wildman–Crippen LogP) is 2.44. The summed E-state index contributed by atoms with van der Waals surface area (Å²) >= 11 is 0. The fourth-order valence-corrected chi connectivity index (χ4v) is 3.18. The minimum atomic E-state index is 0.802. The third-order valence-corrected chi connectivity index (χ3v) is 4.05. The Kier molecular flexibility index (Phi) is 4.45. The molecule has 2 aliphatic carbocycles. The van der Waals surface area contributed by atoms with E-state index in [1.165, 1.54) is 51.4 Å². The van der Waals surface area contributed by atoms with Crippen molar-refractivity contribution in [2.75, 3.05) is 6.54 Å². The Morgan fingerprint density at radius 2 is 1.33 bits per heavy atom. The van der Waals surface area contributed by atoms with Gasteiger partial charge in [-0.15, -0.1) is 0 Å². The zero-order chi connectivity index (χ0) is 10.5. The van der Waals surface area contributed by atoms with E-state index in [9.17, 15) is 0 Å². The molecule has 0 aliphatic heterocycles. The van der Waals surface area contributed by atoms with Gasteiger partial charge in [0.25, 0.3) is 0 Å². The molecule has 2 heteroatoms. The van der Waals surface area contributed by atoms with Gasteiger partial charge < -0.3 is 10.6 Å². The van der Waals surface area contributed by atoms with Gasteiger partial charge >= 0.3 is 0 Å². The van der Waals surface area contributed by atoms with Gasteiger partial charge in [-0.3, -0.25) is 0 Å². The van der Waals surface area contributed by atoms with Crippen LogP contribution in [0.1, 0.15) is 58.3 Å². The van der Waals surface area contributed by atoms with E-state index in [0.29, 0.717) is 0 Å². The molecule has 0 amide bonds. The zero-order valence-electron chi connectivity index (χ0n) is 10.1. The lowest BCUT2D eigenvalue weighted by atomic mass is 9.90. The van der Waals surface area contributed by atoms with Crippen LogP contribution in [0, 0.1) is 0 Å². The minimum absolute atomic E-state index is 0.802. The highest BCUT2D eigenvalue weighted by molar-refractivity contribution is 4.84. The molecule has 0 aromatic heterocycles. The molecule has 0 spiro atoms. The molecule has 0 unspecified atom stereocenters. The first-order chi connectivity index (χ1) is 7.38. The van der Waals surface area contributed by atoms with Crippen LogP contribution in [0.3, 0.4) is 0 Å². The Morgan fingerprint density at radius 1 is 0.800 bits per heavy atom. The Bertz CT molecular complexity index is 167. The van der Waals surface area contributed by atoms with E-state index in [-0.39, 0.29) is 0 Å². The molecule has 0 atom stereocenters. The Balaban J connectivity index is 1.64. The minimum Gasteiger partial charge on any atom is -0.314 e. The summed E-state index contributed by atoms with van der Waals surface area (Å²) in [6, 6.07) is 2.48. The highest BCUT2D eigenvalue weighted by Gasteiger charge is 2.23. The van der Waals surface area contributed by atoms with Crippen molar-refractivity contribution < 1.29 is 0 Å². The molecule has 2 aliphatic rings. The SMILES string of the molecule is CCNC1CCC(NC2CCCC2)CC1. The predicted molar refractivity (Wildman–Crippen MR) is 65.1 cm³/mol. The van der Waals surface area contributed by atoms with Crippen molar-refractivity contribution in [3.8, 4) is 0 Å². The second-order valence-corrected chi connectivity index (χ2v) is 5.25. The molecule has 15 heavy (non-hydrogen) atoms. The molecule has 0 aromatic rings. The van der Waals surface area contributed by atoms with Crippen LogP contribution in [0.15, 0.2) is 0 Å². The molecule has 0 bridgehead atoms. The van der Waals surface area contributed by atoms with Crippen molar-refractivity contribution >= 4 is 0 Å². The normalized spacial score (nSPS) is 33.4. The average molecular weight is 210 g/mol. The van der Waals surface area contributed by atoms with Gasteiger partial charge in [-0.05, 0) is 45.1 Å². The molecule has 2 fully saturated rings. The fraction of sp³-hybridized carbons (Fsp3) is 1.00. The standard InChI is InChI=1S/C13H26N2/c1-2-14-11-7-9-13(10-8-11)15-12-5-3-4-6-12/h11-15H,2-10H2,1H3. The summed E-state index contributed by atoms with van der Waals surface area (Å²) in [5.74, 6) is 0. The summed E-state index contributed by atoms with van der Waals surface area (Å²) in [5, 5.41) is 7.42. The van der Waals surface area contributed by atoms with Gasteiger partial charge in [-0.1, -0.05) is 19.8 Å². The van der Waals surface area contributed by atoms with Gasteiger partial charge in [0.1, 0.15) is 0 Å². The summed E-state index contributed by atoms with van der Waals surface area (Å²) in [7, 11) is 0. The Morgan fingerprint density at radius 3 is 1.93 bits per heavy atom. The summed E-state index contributed by atoms with van der Waals surface area (Å²) < 4.78 is 0. The summed E-state index contributed by atoms with van der Waals surface area (Å²) in [6.45, 7) is 3.34. The highest BCUT2D eigenvalue weighted by atomic mass is 15.0. The first-order valence-corrected chi connectivity index (χ1v) is 6.88. The number of hydrogen-bond donors (Lipinski definition) is 2. The van der Waals surface area contributed by atoms with Crippen molar-refractivity contribution in [3.05, 3.63) is 0 Å². The maximum atomic E-state index is 3.85. The van der Waals surface area contributed by atoms with Crippen molar-refractivity contribution in [3.63, 3.8) is 0 Å². The van der Waals surface area contributed by atoms with Crippen LogP contribution in [0.2, 0.25) is 0 Å². The largest absolute Gasteiger partial charge is 0.314 e. The third-order valence-electron chi connectivity index (χ3n) is 4.05. The molecule has 2 saturated carbocycles. The van der Waals surface area contributed by atoms with Crippen molar-refractivity contribution in [2.24, 2.45) is 0 Å². The molecule has 0 saturated heterocycles. The second-order valence-electron chi connectivity index (χ2n) is 5.25. The lowest BCUT2D eigenvalue weighted by molar-refractivity contribution is 0.290. The highest BCUT2D eigenvalue weighted by Crippen LogP contribution is 2.23. The third kappa shape index (κ3) is 3.46. The van der Waals surface area contributed by atoms with Crippen LogP contribution in [0.25, 0.3) is 0 Å². The van der Waals surface area contributed by atoms with Gasteiger partial charge in [-0.2, -0.15) is 0 Å². The van der Waals surface area contributed by atoms with E-state index in [4.69, 9.17) is 0 Å². The fourth-order valence-electron chi connectivity index (χ4n) is 3.18. The lowest BCUT2D eigenvalue weighted by Gasteiger charge is -2.31. The van der Waals surface area contributed by atoms with Gasteiger partial charge in [0, 0.05) is 18.1 Å². The Hall–Kier alpha value is -0.0800. The van der Waals surface area contributed by atoms with Crippen molar-refractivity contribution in [1.29, 1.82) is 0 Å². The first kappa shape index (κ1) is 11.4. The molecule has 2 nitrogen and oxygen atoms in total. The smallest absolute Gasteiger partial charge is 0.00708 e. The molecule has 88 valence electrons. The number of rotatable bonds is 4. The van der Waals surface area contributed by atoms with Crippen LogP contribution in [-0.4, -0.2) is 24.7 Å². The number of hydrogen-bond acceptors (Lipinski definition) is 2. The molecule has 0 heterocycles. The molecule has 2 N–H and O–H groups in total. The first-order valence-electron chi connectivity index (χ1n) is 6.88. The van der Waals surface area contributed by atoms with E-state index in [1.807, 2.05) is 0 Å². The van der Waals surface area contributed by atoms with Crippen molar-refractivity contribution in [2.45, 2.75) is 76.4 Å². The van der Waals surface area contributed by atoms with Crippen molar-refractivity contribution in [1.82, 2.24) is 10.6 Å². The summed E-state index contributed by atoms with van der Waals surface area (Å²) in [4.78, 5) is 0. The molecular formula is C13H26N2. The zero-order valence-corrected chi connectivity index (χ0v) is 10.1. The van der Waals surface area contributed by atoms with E-state index < -0.39 is 0 Å². The van der Waals surface area contributed by atoms with Crippen LogP contribution >= 0.6 is 0 Å². The van der Waals surface area contributed by atoms with E-state index >= 15 is 0 Å². The van der Waals surface area contributed by atoms with Gasteiger partial charge in [0.2, 0.25) is 0 Å².